The number of rotatable bonds is 4. The number of piperazine rings is 1. The van der Waals surface area contributed by atoms with Crippen molar-refractivity contribution >= 4 is 29.2 Å². The van der Waals surface area contributed by atoms with Gasteiger partial charge in [-0.15, -0.1) is 5.10 Å². The smallest absolute Gasteiger partial charge is 0.267 e. The fraction of sp³-hybridized carbons (Fsp3) is 0.500. The van der Waals surface area contributed by atoms with E-state index < -0.39 is 0 Å². The maximum absolute atomic E-state index is 12.7. The third-order valence-corrected chi connectivity index (χ3v) is 4.63. The minimum Gasteiger partial charge on any atom is -0.369 e. The summed E-state index contributed by atoms with van der Waals surface area (Å²) >= 11 is 1.15. The van der Waals surface area contributed by atoms with Crippen LogP contribution in [-0.4, -0.2) is 56.5 Å². The molecule has 3 rings (SSSR count). The molecule has 0 aromatic carbocycles. The molecule has 10 heteroatoms. The van der Waals surface area contributed by atoms with Gasteiger partial charge >= 0.3 is 0 Å². The number of nitrogens with one attached hydrogen (secondary N) is 1. The number of carbonyl (C=O) groups is 1. The molecule has 0 atom stereocenters. The van der Waals surface area contributed by atoms with E-state index in [1.807, 2.05) is 11.8 Å². The number of carbonyl (C=O) groups excluding carboxylic acids is 1. The van der Waals surface area contributed by atoms with E-state index in [0.29, 0.717) is 36.9 Å². The van der Waals surface area contributed by atoms with Gasteiger partial charge in [0.25, 0.3) is 11.5 Å². The number of nitrogens with zero attached hydrogens (tertiary/aromatic N) is 5. The minimum absolute atomic E-state index is 0.0218. The SMILES string of the molecule is CCCc1nnsc1C(=O)N1CCN(c2cc(=O)[nH]c(N)n2)CC1. The van der Waals surface area contributed by atoms with Crippen molar-refractivity contribution in [2.24, 2.45) is 0 Å². The third-order valence-electron chi connectivity index (χ3n) is 3.87. The summed E-state index contributed by atoms with van der Waals surface area (Å²) in [7, 11) is 0. The lowest BCUT2D eigenvalue weighted by molar-refractivity contribution is 0.0750. The molecule has 1 aliphatic heterocycles. The number of H-pyrrole nitrogens is 1. The molecule has 2 aromatic rings. The van der Waals surface area contributed by atoms with Crippen LogP contribution in [0, 0.1) is 0 Å². The molecule has 3 heterocycles. The minimum atomic E-state index is -0.282. The van der Waals surface area contributed by atoms with Gasteiger partial charge in [-0.3, -0.25) is 14.6 Å². The first-order chi connectivity index (χ1) is 11.6. The average molecular weight is 349 g/mol. The maximum atomic E-state index is 12.7. The second kappa shape index (κ2) is 6.95. The molecular weight excluding hydrogens is 330 g/mol. The van der Waals surface area contributed by atoms with Crippen LogP contribution in [0.3, 0.4) is 0 Å². The standard InChI is InChI=1S/C14H19N7O2S/c1-2-3-9-12(24-19-18-9)13(23)21-6-4-20(5-7-21)10-8-11(22)17-14(15)16-10/h8H,2-7H2,1H3,(H3,15,16,17,22). The van der Waals surface area contributed by atoms with Gasteiger partial charge in [-0.25, -0.2) is 0 Å². The van der Waals surface area contributed by atoms with Crippen molar-refractivity contribution in [3.05, 3.63) is 27.0 Å². The Hall–Kier alpha value is -2.49. The molecule has 0 bridgehead atoms. The summed E-state index contributed by atoms with van der Waals surface area (Å²) in [6.45, 7) is 4.34. The normalized spacial score (nSPS) is 14.9. The number of anilines is 2. The van der Waals surface area contributed by atoms with Crippen molar-refractivity contribution in [1.29, 1.82) is 0 Å². The van der Waals surface area contributed by atoms with Crippen molar-refractivity contribution < 1.29 is 4.79 Å². The van der Waals surface area contributed by atoms with Gasteiger partial charge in [0.15, 0.2) is 0 Å². The molecule has 0 unspecified atom stereocenters. The van der Waals surface area contributed by atoms with Gasteiger partial charge < -0.3 is 15.5 Å². The summed E-state index contributed by atoms with van der Waals surface area (Å²) in [5, 5.41) is 4.05. The zero-order valence-corrected chi connectivity index (χ0v) is 14.2. The number of aromatic amines is 1. The first-order valence-electron chi connectivity index (χ1n) is 7.80. The second-order valence-corrected chi connectivity index (χ2v) is 6.32. The summed E-state index contributed by atoms with van der Waals surface area (Å²) < 4.78 is 3.91. The van der Waals surface area contributed by atoms with E-state index in [1.165, 1.54) is 6.07 Å². The van der Waals surface area contributed by atoms with E-state index in [-0.39, 0.29) is 17.4 Å². The number of aryl methyl sites for hydroxylation is 1. The van der Waals surface area contributed by atoms with E-state index in [9.17, 15) is 9.59 Å². The Morgan fingerprint density at radius 1 is 1.38 bits per heavy atom. The molecule has 1 saturated heterocycles. The van der Waals surface area contributed by atoms with Gasteiger partial charge in [0.2, 0.25) is 5.95 Å². The molecule has 24 heavy (non-hydrogen) atoms. The molecule has 2 aromatic heterocycles. The van der Waals surface area contributed by atoms with Crippen molar-refractivity contribution in [2.45, 2.75) is 19.8 Å². The van der Waals surface area contributed by atoms with Crippen molar-refractivity contribution in [2.75, 3.05) is 36.8 Å². The van der Waals surface area contributed by atoms with Crippen LogP contribution in [-0.2, 0) is 6.42 Å². The van der Waals surface area contributed by atoms with Gasteiger partial charge in [-0.05, 0) is 18.0 Å². The monoisotopic (exact) mass is 349 g/mol. The van der Waals surface area contributed by atoms with E-state index in [1.54, 1.807) is 4.90 Å². The fourth-order valence-electron chi connectivity index (χ4n) is 2.68. The zero-order valence-electron chi connectivity index (χ0n) is 13.4. The highest BCUT2D eigenvalue weighted by molar-refractivity contribution is 7.08. The molecule has 1 aliphatic rings. The molecule has 128 valence electrons. The molecule has 0 saturated carbocycles. The Kier molecular flexibility index (Phi) is 4.74. The molecule has 0 radical (unpaired) electrons. The first-order valence-corrected chi connectivity index (χ1v) is 8.58. The number of hydrogen-bond acceptors (Lipinski definition) is 8. The topological polar surface area (TPSA) is 121 Å². The lowest BCUT2D eigenvalue weighted by atomic mass is 10.2. The highest BCUT2D eigenvalue weighted by Gasteiger charge is 2.26. The van der Waals surface area contributed by atoms with Crippen LogP contribution in [0.25, 0.3) is 0 Å². The molecule has 1 fully saturated rings. The summed E-state index contributed by atoms with van der Waals surface area (Å²) in [6, 6.07) is 1.42. The fourth-order valence-corrected chi connectivity index (χ4v) is 3.36. The number of nitrogens with two attached hydrogens (primary N) is 1. The van der Waals surface area contributed by atoms with Crippen LogP contribution in [0.15, 0.2) is 10.9 Å². The molecule has 3 N–H and O–H groups in total. The molecule has 9 nitrogen and oxygen atoms in total. The molecule has 0 aliphatic carbocycles. The van der Waals surface area contributed by atoms with E-state index >= 15 is 0 Å². The van der Waals surface area contributed by atoms with E-state index in [0.717, 1.165) is 30.1 Å². The molecule has 1 amide bonds. The number of hydrogen-bond donors (Lipinski definition) is 2. The zero-order chi connectivity index (χ0) is 17.1. The predicted octanol–water partition coefficient (Wildman–Crippen LogP) is 0.119. The van der Waals surface area contributed by atoms with Crippen LogP contribution in [0.1, 0.15) is 28.7 Å². The van der Waals surface area contributed by atoms with Crippen LogP contribution >= 0.6 is 11.5 Å². The average Bonchev–Trinajstić information content (AvgIpc) is 3.02. The Morgan fingerprint density at radius 3 is 2.79 bits per heavy atom. The van der Waals surface area contributed by atoms with Gasteiger partial charge in [0, 0.05) is 32.2 Å². The number of aromatic nitrogens is 4. The molecule has 0 spiro atoms. The van der Waals surface area contributed by atoms with E-state index in [2.05, 4.69) is 19.6 Å². The third kappa shape index (κ3) is 3.37. The van der Waals surface area contributed by atoms with Crippen LogP contribution in [0.5, 0.6) is 0 Å². The summed E-state index contributed by atoms with van der Waals surface area (Å²) in [5.41, 5.74) is 6.08. The summed E-state index contributed by atoms with van der Waals surface area (Å²) in [5.74, 6) is 0.608. The maximum Gasteiger partial charge on any atom is 0.267 e. The van der Waals surface area contributed by atoms with Crippen molar-refractivity contribution in [3.8, 4) is 0 Å². The Morgan fingerprint density at radius 2 is 2.12 bits per heavy atom. The Labute approximate surface area is 142 Å². The van der Waals surface area contributed by atoms with Gasteiger partial charge in [-0.1, -0.05) is 17.8 Å². The van der Waals surface area contributed by atoms with Crippen LogP contribution in [0.4, 0.5) is 11.8 Å². The van der Waals surface area contributed by atoms with Crippen molar-refractivity contribution in [3.63, 3.8) is 0 Å². The highest BCUT2D eigenvalue weighted by Crippen LogP contribution is 2.18. The van der Waals surface area contributed by atoms with Gasteiger partial charge in [0.05, 0.1) is 5.69 Å². The van der Waals surface area contributed by atoms with Gasteiger partial charge in [-0.2, -0.15) is 4.98 Å². The van der Waals surface area contributed by atoms with Gasteiger partial charge in [0.1, 0.15) is 10.7 Å². The van der Waals surface area contributed by atoms with E-state index in [4.69, 9.17) is 5.73 Å². The lowest BCUT2D eigenvalue weighted by Crippen LogP contribution is -2.49. The first kappa shape index (κ1) is 16.4. The summed E-state index contributed by atoms with van der Waals surface area (Å²) in [4.78, 5) is 35.1. The quantitative estimate of drug-likeness (QED) is 0.804. The number of amides is 1. The van der Waals surface area contributed by atoms with Crippen molar-refractivity contribution in [1.82, 2.24) is 24.5 Å². The van der Waals surface area contributed by atoms with Crippen LogP contribution < -0.4 is 16.2 Å². The summed E-state index contributed by atoms with van der Waals surface area (Å²) in [6.07, 6.45) is 1.68. The second-order valence-electron chi connectivity index (χ2n) is 5.57. The largest absolute Gasteiger partial charge is 0.369 e. The predicted molar refractivity (Wildman–Crippen MR) is 91.3 cm³/mol. The lowest BCUT2D eigenvalue weighted by Gasteiger charge is -2.35. The Balaban J connectivity index is 1.67. The highest BCUT2D eigenvalue weighted by atomic mass is 32.1. The van der Waals surface area contributed by atoms with Crippen LogP contribution in [0.2, 0.25) is 0 Å². The Bertz CT molecular complexity index is 779. The molecular formula is C14H19N7O2S. The number of nitrogen functional groups attached to an aromatic ring is 1.